The van der Waals surface area contributed by atoms with Crippen molar-refractivity contribution >= 4 is 47.1 Å². The lowest BCUT2D eigenvalue weighted by molar-refractivity contribution is -0.143. The van der Waals surface area contributed by atoms with Gasteiger partial charge in [-0.2, -0.15) is 0 Å². The summed E-state index contributed by atoms with van der Waals surface area (Å²) < 4.78 is 4.76. The van der Waals surface area contributed by atoms with E-state index in [4.69, 9.17) is 16.3 Å². The molecular formula is C30H32ClN7O6. The lowest BCUT2D eigenvalue weighted by Gasteiger charge is -2.20. The van der Waals surface area contributed by atoms with Crippen molar-refractivity contribution in [2.45, 2.75) is 26.3 Å². The Morgan fingerprint density at radius 3 is 2.27 bits per heavy atom. The van der Waals surface area contributed by atoms with Gasteiger partial charge in [-0.3, -0.25) is 24.0 Å². The maximum atomic E-state index is 13.5. The van der Waals surface area contributed by atoms with Crippen molar-refractivity contribution in [3.05, 3.63) is 101 Å². The molecule has 0 saturated carbocycles. The SMILES string of the molecule is CCOC(=O)CNC(=O)CNC(=O)[C@H](Cc1ccccc1)NC(=O)/C(=C\Nc1nc(C)cc(Cl)n1)NC(=O)c1ccccc1. The lowest BCUT2D eigenvalue weighted by Crippen LogP contribution is -2.51. The summed E-state index contributed by atoms with van der Waals surface area (Å²) in [5.41, 5.74) is 1.32. The number of aryl methyl sites for hydroxylation is 1. The Morgan fingerprint density at radius 1 is 0.932 bits per heavy atom. The molecular weight excluding hydrogens is 590 g/mol. The van der Waals surface area contributed by atoms with Crippen LogP contribution in [-0.2, 0) is 30.3 Å². The van der Waals surface area contributed by atoms with Gasteiger partial charge in [0.05, 0.1) is 13.2 Å². The molecule has 13 nitrogen and oxygen atoms in total. The molecule has 1 atom stereocenters. The molecule has 0 unspecified atom stereocenters. The van der Waals surface area contributed by atoms with Crippen molar-refractivity contribution in [1.82, 2.24) is 31.2 Å². The fraction of sp³-hybridized carbons (Fsp3) is 0.233. The van der Waals surface area contributed by atoms with E-state index in [9.17, 15) is 24.0 Å². The standard InChI is InChI=1S/C30H32ClN7O6/c1-3-44-26(40)18-32-25(39)17-33-28(42)22(15-20-10-6-4-7-11-20)36-29(43)23(37-27(41)21-12-8-5-9-13-21)16-34-30-35-19(2)14-24(31)38-30/h4-14,16,22H,3,15,17-18H2,1-2H3,(H,32,39)(H,33,42)(H,36,43)(H,37,41)(H,34,35,38)/b23-16+/t22-/m0/s1. The number of ether oxygens (including phenoxy) is 1. The zero-order valence-corrected chi connectivity index (χ0v) is 24.8. The number of aromatic nitrogens is 2. The minimum absolute atomic E-state index is 0.0623. The van der Waals surface area contributed by atoms with E-state index in [0.29, 0.717) is 5.69 Å². The predicted molar refractivity (Wildman–Crippen MR) is 162 cm³/mol. The number of nitrogens with zero attached hydrogens (tertiary/aromatic N) is 2. The van der Waals surface area contributed by atoms with Gasteiger partial charge in [0, 0.05) is 23.9 Å². The summed E-state index contributed by atoms with van der Waals surface area (Å²) in [6.07, 6.45) is 1.24. The molecule has 5 N–H and O–H groups in total. The highest BCUT2D eigenvalue weighted by atomic mass is 35.5. The highest BCUT2D eigenvalue weighted by molar-refractivity contribution is 6.29. The summed E-state index contributed by atoms with van der Waals surface area (Å²) in [6.45, 7) is 2.69. The first kappa shape index (κ1) is 33.2. The number of carbonyl (C=O) groups excluding carboxylic acids is 5. The molecule has 0 aliphatic rings. The second-order valence-electron chi connectivity index (χ2n) is 9.19. The number of hydrogen-bond acceptors (Lipinski definition) is 9. The monoisotopic (exact) mass is 621 g/mol. The molecule has 0 aliphatic heterocycles. The number of esters is 1. The maximum absolute atomic E-state index is 13.5. The number of anilines is 1. The van der Waals surface area contributed by atoms with Crippen LogP contribution in [0.3, 0.4) is 0 Å². The van der Waals surface area contributed by atoms with Crippen molar-refractivity contribution in [1.29, 1.82) is 0 Å². The Morgan fingerprint density at radius 2 is 1.61 bits per heavy atom. The van der Waals surface area contributed by atoms with Crippen molar-refractivity contribution in [2.75, 3.05) is 25.0 Å². The molecule has 230 valence electrons. The summed E-state index contributed by atoms with van der Waals surface area (Å²) in [7, 11) is 0. The van der Waals surface area contributed by atoms with Gasteiger partial charge in [0.2, 0.25) is 17.8 Å². The van der Waals surface area contributed by atoms with Crippen LogP contribution in [-0.4, -0.2) is 65.3 Å². The number of benzene rings is 2. The molecule has 0 aliphatic carbocycles. The van der Waals surface area contributed by atoms with Crippen LogP contribution in [0.1, 0.15) is 28.5 Å². The third-order valence-electron chi connectivity index (χ3n) is 5.76. The Labute approximate surface area is 258 Å². The quantitative estimate of drug-likeness (QED) is 0.102. The third kappa shape index (κ3) is 11.2. The van der Waals surface area contributed by atoms with Gasteiger partial charge < -0.3 is 31.3 Å². The molecule has 3 rings (SSSR count). The number of carbonyl (C=O) groups is 5. The van der Waals surface area contributed by atoms with Crippen molar-refractivity contribution in [3.8, 4) is 0 Å². The van der Waals surface area contributed by atoms with Crippen molar-refractivity contribution < 1.29 is 28.7 Å². The molecule has 4 amide bonds. The number of rotatable bonds is 14. The highest BCUT2D eigenvalue weighted by Crippen LogP contribution is 2.11. The fourth-order valence-electron chi connectivity index (χ4n) is 3.70. The van der Waals surface area contributed by atoms with E-state index in [1.165, 1.54) is 6.20 Å². The van der Waals surface area contributed by atoms with Crippen LogP contribution in [0.15, 0.2) is 78.6 Å². The van der Waals surface area contributed by atoms with E-state index in [1.54, 1.807) is 80.6 Å². The average Bonchev–Trinajstić information content (AvgIpc) is 3.01. The van der Waals surface area contributed by atoms with E-state index >= 15 is 0 Å². The summed E-state index contributed by atoms with van der Waals surface area (Å²) >= 11 is 6.02. The van der Waals surface area contributed by atoms with E-state index in [0.717, 1.165) is 5.56 Å². The van der Waals surface area contributed by atoms with Gasteiger partial charge in [-0.25, -0.2) is 9.97 Å². The smallest absolute Gasteiger partial charge is 0.325 e. The minimum atomic E-state index is -1.16. The van der Waals surface area contributed by atoms with Crippen molar-refractivity contribution in [3.63, 3.8) is 0 Å². The predicted octanol–water partition coefficient (Wildman–Crippen LogP) is 1.64. The molecule has 0 saturated heterocycles. The molecule has 0 radical (unpaired) electrons. The van der Waals surface area contributed by atoms with Gasteiger partial charge >= 0.3 is 5.97 Å². The van der Waals surface area contributed by atoms with E-state index in [2.05, 4.69) is 36.6 Å². The van der Waals surface area contributed by atoms with Crippen LogP contribution in [0, 0.1) is 6.92 Å². The third-order valence-corrected chi connectivity index (χ3v) is 5.95. The molecule has 0 bridgehead atoms. The number of hydrogen-bond donors (Lipinski definition) is 5. The summed E-state index contributed by atoms with van der Waals surface area (Å²) in [4.78, 5) is 71.6. The van der Waals surface area contributed by atoms with Crippen LogP contribution in [0.2, 0.25) is 5.15 Å². The molecule has 1 heterocycles. The largest absolute Gasteiger partial charge is 0.465 e. The number of amides is 4. The Kier molecular flexibility index (Phi) is 12.8. The fourth-order valence-corrected chi connectivity index (χ4v) is 3.94. The van der Waals surface area contributed by atoms with Gasteiger partial charge in [0.25, 0.3) is 11.8 Å². The summed E-state index contributed by atoms with van der Waals surface area (Å²) in [5.74, 6) is -3.26. The van der Waals surface area contributed by atoms with Crippen LogP contribution >= 0.6 is 11.6 Å². The Bertz CT molecular complexity index is 1480. The average molecular weight is 622 g/mol. The minimum Gasteiger partial charge on any atom is -0.465 e. The molecule has 0 fully saturated rings. The molecule has 0 spiro atoms. The van der Waals surface area contributed by atoms with Gasteiger partial charge in [0.1, 0.15) is 23.4 Å². The normalized spacial score (nSPS) is 11.5. The first-order valence-electron chi connectivity index (χ1n) is 13.5. The summed E-state index contributed by atoms with van der Waals surface area (Å²) in [6, 6.07) is 17.5. The highest BCUT2D eigenvalue weighted by Gasteiger charge is 2.25. The second-order valence-corrected chi connectivity index (χ2v) is 9.58. The van der Waals surface area contributed by atoms with Crippen molar-refractivity contribution in [2.24, 2.45) is 0 Å². The molecule has 44 heavy (non-hydrogen) atoms. The zero-order chi connectivity index (χ0) is 31.9. The van der Waals surface area contributed by atoms with Crippen LogP contribution in [0.5, 0.6) is 0 Å². The summed E-state index contributed by atoms with van der Waals surface area (Å²) in [5, 5.41) is 12.9. The van der Waals surface area contributed by atoms with E-state index < -0.39 is 42.2 Å². The van der Waals surface area contributed by atoms with Gasteiger partial charge in [-0.05, 0) is 37.6 Å². The molecule has 3 aromatic rings. The molecule has 14 heteroatoms. The van der Waals surface area contributed by atoms with Crippen LogP contribution < -0.4 is 26.6 Å². The van der Waals surface area contributed by atoms with Crippen LogP contribution in [0.25, 0.3) is 0 Å². The number of halogens is 1. The molecule has 1 aromatic heterocycles. The Hall–Kier alpha value is -5.30. The van der Waals surface area contributed by atoms with Gasteiger partial charge in [-0.1, -0.05) is 60.1 Å². The van der Waals surface area contributed by atoms with Gasteiger partial charge in [-0.15, -0.1) is 0 Å². The topological polar surface area (TPSA) is 181 Å². The van der Waals surface area contributed by atoms with Gasteiger partial charge in [0.15, 0.2) is 0 Å². The van der Waals surface area contributed by atoms with E-state index in [1.807, 2.05) is 0 Å². The van der Waals surface area contributed by atoms with Crippen LogP contribution in [0.4, 0.5) is 5.95 Å². The second kappa shape index (κ2) is 17.0. The lowest BCUT2D eigenvalue weighted by atomic mass is 10.0. The Balaban J connectivity index is 1.80. The van der Waals surface area contributed by atoms with E-state index in [-0.39, 0.29) is 41.9 Å². The maximum Gasteiger partial charge on any atom is 0.325 e. The number of nitrogens with one attached hydrogen (secondary N) is 5. The first-order valence-corrected chi connectivity index (χ1v) is 13.9. The molecule has 2 aromatic carbocycles. The first-order chi connectivity index (χ1) is 21.1. The zero-order valence-electron chi connectivity index (χ0n) is 24.1.